The summed E-state index contributed by atoms with van der Waals surface area (Å²) < 4.78 is 15.0. The maximum absolute atomic E-state index is 13.4. The lowest BCUT2D eigenvalue weighted by Crippen LogP contribution is -2.19. The van der Waals surface area contributed by atoms with Crippen LogP contribution in [0, 0.1) is 12.7 Å². The molecule has 0 fully saturated rings. The van der Waals surface area contributed by atoms with Crippen LogP contribution in [0.3, 0.4) is 0 Å². The van der Waals surface area contributed by atoms with Gasteiger partial charge in [-0.25, -0.2) is 4.39 Å². The normalized spacial score (nSPS) is 12.5. The van der Waals surface area contributed by atoms with E-state index in [1.54, 1.807) is 35.2 Å². The van der Waals surface area contributed by atoms with Gasteiger partial charge in [0, 0.05) is 35.3 Å². The van der Waals surface area contributed by atoms with Gasteiger partial charge in [0.15, 0.2) is 0 Å². The Labute approximate surface area is 189 Å². The van der Waals surface area contributed by atoms with Gasteiger partial charge in [-0.05, 0) is 65.6 Å². The van der Waals surface area contributed by atoms with Gasteiger partial charge in [-0.15, -0.1) is 0 Å². The second-order valence-electron chi connectivity index (χ2n) is 7.85. The molecule has 4 aromatic rings. The quantitative estimate of drug-likeness (QED) is 0.423. The Kier molecular flexibility index (Phi) is 5.19. The molecule has 3 heterocycles. The van der Waals surface area contributed by atoms with E-state index in [9.17, 15) is 9.18 Å². The second kappa shape index (κ2) is 8.17. The third kappa shape index (κ3) is 3.87. The number of hydrogen-bond donors (Lipinski definition) is 0. The van der Waals surface area contributed by atoms with Crippen molar-refractivity contribution in [2.75, 3.05) is 0 Å². The minimum Gasteiger partial charge on any atom is -0.311 e. The number of halogens is 2. The summed E-state index contributed by atoms with van der Waals surface area (Å²) in [7, 11) is 0. The summed E-state index contributed by atoms with van der Waals surface area (Å²) in [5.41, 5.74) is 7.61. The minimum atomic E-state index is -0.473. The number of nitrogens with zero attached hydrogens (tertiary/aromatic N) is 3. The Balaban J connectivity index is 1.45. The zero-order valence-electron chi connectivity index (χ0n) is 17.3. The first-order valence-electron chi connectivity index (χ1n) is 10.2. The van der Waals surface area contributed by atoms with E-state index in [1.807, 2.05) is 31.2 Å². The van der Waals surface area contributed by atoms with E-state index in [0.29, 0.717) is 13.1 Å². The highest BCUT2D eigenvalue weighted by molar-refractivity contribution is 6.30. The van der Waals surface area contributed by atoms with Gasteiger partial charge in [0.05, 0.1) is 23.8 Å². The Morgan fingerprint density at radius 2 is 1.84 bits per heavy atom. The molecule has 2 aromatic carbocycles. The SMILES string of the molecule is Cc1cc(C2=NCc3ccc(-c4ccn(Cc5ccc(F)c(Cl)c5)c(=O)c4)cc32)ccn1. The Morgan fingerprint density at radius 1 is 1.00 bits per heavy atom. The highest BCUT2D eigenvalue weighted by atomic mass is 35.5. The first-order valence-corrected chi connectivity index (χ1v) is 10.6. The predicted molar refractivity (Wildman–Crippen MR) is 125 cm³/mol. The van der Waals surface area contributed by atoms with Gasteiger partial charge in [-0.2, -0.15) is 0 Å². The molecule has 0 amide bonds. The average molecular weight is 444 g/mol. The Morgan fingerprint density at radius 3 is 2.62 bits per heavy atom. The van der Waals surface area contributed by atoms with E-state index in [0.717, 1.165) is 39.2 Å². The van der Waals surface area contributed by atoms with Crippen LogP contribution in [0.15, 0.2) is 82.8 Å². The molecule has 0 atom stereocenters. The van der Waals surface area contributed by atoms with Crippen molar-refractivity contribution in [2.45, 2.75) is 20.0 Å². The molecule has 6 heteroatoms. The summed E-state index contributed by atoms with van der Waals surface area (Å²) in [6.45, 7) is 2.93. The summed E-state index contributed by atoms with van der Waals surface area (Å²) in [6, 6.07) is 18.2. The average Bonchev–Trinajstić information content (AvgIpc) is 3.21. The molecule has 0 aliphatic carbocycles. The van der Waals surface area contributed by atoms with Crippen LogP contribution < -0.4 is 5.56 Å². The van der Waals surface area contributed by atoms with Gasteiger partial charge in [0.2, 0.25) is 0 Å². The van der Waals surface area contributed by atoms with Crippen LogP contribution in [0.25, 0.3) is 11.1 Å². The van der Waals surface area contributed by atoms with Crippen molar-refractivity contribution in [3.8, 4) is 11.1 Å². The van der Waals surface area contributed by atoms with E-state index in [4.69, 9.17) is 16.6 Å². The lowest BCUT2D eigenvalue weighted by Gasteiger charge is -2.10. The third-order valence-electron chi connectivity index (χ3n) is 5.61. The van der Waals surface area contributed by atoms with Gasteiger partial charge in [-0.1, -0.05) is 29.8 Å². The molecule has 0 bridgehead atoms. The standard InChI is InChI=1S/C26H19ClFN3O/c1-16-10-20(6-8-29-16)26-22-12-18(3-4-21(22)14-30-26)19-7-9-31(25(32)13-19)15-17-2-5-24(28)23(27)11-17/h2-13H,14-15H2,1H3. The highest BCUT2D eigenvalue weighted by Gasteiger charge is 2.18. The second-order valence-corrected chi connectivity index (χ2v) is 8.26. The zero-order chi connectivity index (χ0) is 22.2. The van der Waals surface area contributed by atoms with Gasteiger partial charge >= 0.3 is 0 Å². The van der Waals surface area contributed by atoms with Crippen LogP contribution >= 0.6 is 11.6 Å². The first kappa shape index (κ1) is 20.3. The lowest BCUT2D eigenvalue weighted by molar-refractivity contribution is 0.626. The third-order valence-corrected chi connectivity index (χ3v) is 5.90. The van der Waals surface area contributed by atoms with Gasteiger partial charge < -0.3 is 4.57 Å². The van der Waals surface area contributed by atoms with Crippen molar-refractivity contribution in [1.82, 2.24) is 9.55 Å². The molecule has 2 aromatic heterocycles. The van der Waals surface area contributed by atoms with E-state index in [1.165, 1.54) is 11.6 Å². The van der Waals surface area contributed by atoms with Crippen molar-refractivity contribution in [3.63, 3.8) is 0 Å². The number of benzene rings is 2. The Bertz CT molecular complexity index is 1440. The van der Waals surface area contributed by atoms with E-state index in [2.05, 4.69) is 17.1 Å². The lowest BCUT2D eigenvalue weighted by atomic mass is 9.96. The van der Waals surface area contributed by atoms with Gasteiger partial charge in [0.1, 0.15) is 5.82 Å². The summed E-state index contributed by atoms with van der Waals surface area (Å²) in [5, 5.41) is 0.0483. The molecule has 1 aliphatic rings. The van der Waals surface area contributed by atoms with Crippen LogP contribution in [0.5, 0.6) is 0 Å². The first-order chi connectivity index (χ1) is 15.5. The molecule has 4 nitrogen and oxygen atoms in total. The van der Waals surface area contributed by atoms with Crippen LogP contribution in [-0.4, -0.2) is 15.3 Å². The monoisotopic (exact) mass is 443 g/mol. The van der Waals surface area contributed by atoms with Crippen LogP contribution in [-0.2, 0) is 13.1 Å². The van der Waals surface area contributed by atoms with Crippen molar-refractivity contribution < 1.29 is 4.39 Å². The van der Waals surface area contributed by atoms with Crippen LogP contribution in [0.1, 0.15) is 27.9 Å². The summed E-state index contributed by atoms with van der Waals surface area (Å²) in [6.07, 6.45) is 3.55. The molecule has 0 N–H and O–H groups in total. The van der Waals surface area contributed by atoms with E-state index >= 15 is 0 Å². The molecule has 0 radical (unpaired) electrons. The molecular formula is C26H19ClFN3O. The molecule has 0 saturated carbocycles. The van der Waals surface area contributed by atoms with Crippen molar-refractivity contribution >= 4 is 17.3 Å². The van der Waals surface area contributed by atoms with Crippen molar-refractivity contribution in [2.24, 2.45) is 4.99 Å². The largest absolute Gasteiger partial charge is 0.311 e. The van der Waals surface area contributed by atoms with Crippen molar-refractivity contribution in [3.05, 3.63) is 122 Å². The molecule has 0 spiro atoms. The molecule has 32 heavy (non-hydrogen) atoms. The van der Waals surface area contributed by atoms with E-state index in [-0.39, 0.29) is 10.6 Å². The van der Waals surface area contributed by atoms with Gasteiger partial charge in [0.25, 0.3) is 5.56 Å². The summed E-state index contributed by atoms with van der Waals surface area (Å²) in [5.74, 6) is -0.473. The topological polar surface area (TPSA) is 47.2 Å². The van der Waals surface area contributed by atoms with Crippen LogP contribution in [0.2, 0.25) is 5.02 Å². The number of aromatic nitrogens is 2. The van der Waals surface area contributed by atoms with Crippen LogP contribution in [0.4, 0.5) is 4.39 Å². The number of aliphatic imine (C=N–C) groups is 1. The fourth-order valence-corrected chi connectivity index (χ4v) is 4.16. The maximum atomic E-state index is 13.4. The molecule has 5 rings (SSSR count). The zero-order valence-corrected chi connectivity index (χ0v) is 18.1. The number of aryl methyl sites for hydroxylation is 1. The molecule has 1 aliphatic heterocycles. The van der Waals surface area contributed by atoms with Gasteiger partial charge in [-0.3, -0.25) is 14.8 Å². The number of fused-ring (bicyclic) bond motifs is 1. The minimum absolute atomic E-state index is 0.0483. The van der Waals surface area contributed by atoms with E-state index < -0.39 is 5.82 Å². The molecule has 0 unspecified atom stereocenters. The Hall–Kier alpha value is -3.57. The summed E-state index contributed by atoms with van der Waals surface area (Å²) >= 11 is 5.86. The maximum Gasteiger partial charge on any atom is 0.251 e. The molecule has 158 valence electrons. The molecule has 0 saturated heterocycles. The highest BCUT2D eigenvalue weighted by Crippen LogP contribution is 2.28. The fraction of sp³-hybridized carbons (Fsp3) is 0.115. The number of hydrogen-bond acceptors (Lipinski definition) is 3. The molecular weight excluding hydrogens is 425 g/mol. The van der Waals surface area contributed by atoms with Crippen molar-refractivity contribution in [1.29, 1.82) is 0 Å². The number of pyridine rings is 2. The smallest absolute Gasteiger partial charge is 0.251 e. The fourth-order valence-electron chi connectivity index (χ4n) is 3.96. The predicted octanol–water partition coefficient (Wildman–Crippen LogP) is 5.41. The number of rotatable bonds is 4. The summed E-state index contributed by atoms with van der Waals surface area (Å²) in [4.78, 5) is 21.8.